The summed E-state index contributed by atoms with van der Waals surface area (Å²) in [6.45, 7) is 7.63. The molecule has 16 heavy (non-hydrogen) atoms. The van der Waals surface area contributed by atoms with Gasteiger partial charge in [0.05, 0.1) is 0 Å². The standard InChI is InChI=1S/C13H27NO2/c1-13(2,3)9-10-14(4)12(16)8-6-5-7-11-15/h15H,5-11H2,1-4H3. The Labute approximate surface area is 99.8 Å². The maximum Gasteiger partial charge on any atom is 0.222 e. The van der Waals surface area contributed by atoms with E-state index in [0.29, 0.717) is 6.42 Å². The van der Waals surface area contributed by atoms with Gasteiger partial charge >= 0.3 is 0 Å². The number of aliphatic hydroxyl groups is 1. The van der Waals surface area contributed by atoms with Gasteiger partial charge < -0.3 is 10.0 Å². The molecule has 0 saturated carbocycles. The summed E-state index contributed by atoms with van der Waals surface area (Å²) in [6, 6.07) is 0. The molecule has 1 N–H and O–H groups in total. The molecule has 0 aliphatic carbocycles. The number of hydrogen-bond donors (Lipinski definition) is 1. The Morgan fingerprint density at radius 2 is 1.81 bits per heavy atom. The van der Waals surface area contributed by atoms with Crippen LogP contribution >= 0.6 is 0 Å². The highest BCUT2D eigenvalue weighted by atomic mass is 16.2. The summed E-state index contributed by atoms with van der Waals surface area (Å²) in [5.74, 6) is 0.224. The van der Waals surface area contributed by atoms with Crippen LogP contribution in [-0.2, 0) is 4.79 Å². The topological polar surface area (TPSA) is 40.5 Å². The maximum absolute atomic E-state index is 11.7. The van der Waals surface area contributed by atoms with Crippen molar-refractivity contribution in [1.29, 1.82) is 0 Å². The number of hydrogen-bond acceptors (Lipinski definition) is 2. The number of rotatable bonds is 7. The van der Waals surface area contributed by atoms with E-state index in [4.69, 9.17) is 5.11 Å². The first-order valence-electron chi connectivity index (χ1n) is 6.21. The van der Waals surface area contributed by atoms with Crippen LogP contribution in [0.25, 0.3) is 0 Å². The van der Waals surface area contributed by atoms with E-state index in [0.717, 1.165) is 32.2 Å². The Morgan fingerprint density at radius 3 is 2.31 bits per heavy atom. The molecule has 0 rings (SSSR count). The lowest BCUT2D eigenvalue weighted by Crippen LogP contribution is -2.29. The number of nitrogens with zero attached hydrogens (tertiary/aromatic N) is 1. The molecule has 0 aliphatic heterocycles. The number of amides is 1. The molecule has 0 aliphatic rings. The van der Waals surface area contributed by atoms with Gasteiger partial charge in [0.2, 0.25) is 5.91 Å². The number of carbonyl (C=O) groups excluding carboxylic acids is 1. The van der Waals surface area contributed by atoms with Crippen LogP contribution in [0.2, 0.25) is 0 Å². The predicted octanol–water partition coefficient (Wildman–Crippen LogP) is 2.43. The zero-order chi connectivity index (χ0) is 12.6. The third-order valence-corrected chi connectivity index (χ3v) is 2.67. The second-order valence-electron chi connectivity index (χ2n) is 5.66. The van der Waals surface area contributed by atoms with Gasteiger partial charge in [-0.1, -0.05) is 27.2 Å². The molecular formula is C13H27NO2. The summed E-state index contributed by atoms with van der Waals surface area (Å²) in [6.07, 6.45) is 4.28. The van der Waals surface area contributed by atoms with E-state index in [-0.39, 0.29) is 17.9 Å². The lowest BCUT2D eigenvalue weighted by Gasteiger charge is -2.23. The SMILES string of the molecule is CN(CCC(C)(C)C)C(=O)CCCCCO. The van der Waals surface area contributed by atoms with Gasteiger partial charge in [0.1, 0.15) is 0 Å². The molecular weight excluding hydrogens is 202 g/mol. The monoisotopic (exact) mass is 229 g/mol. The summed E-state index contributed by atoms with van der Waals surface area (Å²) >= 11 is 0. The normalized spacial score (nSPS) is 11.6. The highest BCUT2D eigenvalue weighted by Crippen LogP contribution is 2.18. The molecule has 0 unspecified atom stereocenters. The molecule has 0 spiro atoms. The molecule has 3 nitrogen and oxygen atoms in total. The largest absolute Gasteiger partial charge is 0.396 e. The van der Waals surface area contributed by atoms with Gasteiger partial charge in [-0.05, 0) is 24.7 Å². The van der Waals surface area contributed by atoms with Crippen molar-refractivity contribution in [3.05, 3.63) is 0 Å². The van der Waals surface area contributed by atoms with Crippen molar-refractivity contribution in [3.8, 4) is 0 Å². The first kappa shape index (κ1) is 15.4. The van der Waals surface area contributed by atoms with Gasteiger partial charge in [-0.3, -0.25) is 4.79 Å². The van der Waals surface area contributed by atoms with Crippen LogP contribution in [0.5, 0.6) is 0 Å². The van der Waals surface area contributed by atoms with Gasteiger partial charge in [0, 0.05) is 26.6 Å². The zero-order valence-electron chi connectivity index (χ0n) is 11.3. The van der Waals surface area contributed by atoms with Crippen molar-refractivity contribution >= 4 is 5.91 Å². The summed E-state index contributed by atoms with van der Waals surface area (Å²) < 4.78 is 0. The number of carbonyl (C=O) groups is 1. The van der Waals surface area contributed by atoms with Crippen LogP contribution in [0.15, 0.2) is 0 Å². The number of aliphatic hydroxyl groups excluding tert-OH is 1. The van der Waals surface area contributed by atoms with Crippen LogP contribution in [-0.4, -0.2) is 36.1 Å². The molecule has 96 valence electrons. The summed E-state index contributed by atoms with van der Waals surface area (Å²) in [5.41, 5.74) is 0.283. The molecule has 0 aromatic carbocycles. The minimum absolute atomic E-state index is 0.224. The van der Waals surface area contributed by atoms with E-state index in [1.165, 1.54) is 0 Å². The summed E-state index contributed by atoms with van der Waals surface area (Å²) in [4.78, 5) is 13.5. The predicted molar refractivity (Wildman–Crippen MR) is 67.3 cm³/mol. The van der Waals surface area contributed by atoms with E-state index in [1.807, 2.05) is 11.9 Å². The summed E-state index contributed by atoms with van der Waals surface area (Å²) in [5, 5.41) is 8.62. The average molecular weight is 229 g/mol. The quantitative estimate of drug-likeness (QED) is 0.681. The van der Waals surface area contributed by atoms with E-state index in [2.05, 4.69) is 20.8 Å². The first-order chi connectivity index (χ1) is 7.37. The lowest BCUT2D eigenvalue weighted by molar-refractivity contribution is -0.130. The van der Waals surface area contributed by atoms with E-state index >= 15 is 0 Å². The average Bonchev–Trinajstić information content (AvgIpc) is 2.19. The second kappa shape index (κ2) is 7.66. The van der Waals surface area contributed by atoms with Gasteiger partial charge in [-0.2, -0.15) is 0 Å². The Balaban J connectivity index is 3.65. The molecule has 0 atom stereocenters. The molecule has 0 aromatic heterocycles. The molecule has 1 amide bonds. The Bertz CT molecular complexity index is 197. The van der Waals surface area contributed by atoms with Gasteiger partial charge in [-0.25, -0.2) is 0 Å². The Kier molecular flexibility index (Phi) is 7.39. The van der Waals surface area contributed by atoms with Crippen molar-refractivity contribution in [2.24, 2.45) is 5.41 Å². The van der Waals surface area contributed by atoms with Crippen LogP contribution in [0.1, 0.15) is 52.9 Å². The molecule has 0 aromatic rings. The number of unbranched alkanes of at least 4 members (excludes halogenated alkanes) is 2. The minimum Gasteiger partial charge on any atom is -0.396 e. The van der Waals surface area contributed by atoms with Gasteiger partial charge in [-0.15, -0.1) is 0 Å². The van der Waals surface area contributed by atoms with E-state index in [9.17, 15) is 4.79 Å². The third-order valence-electron chi connectivity index (χ3n) is 2.67. The fraction of sp³-hybridized carbons (Fsp3) is 0.923. The summed E-state index contributed by atoms with van der Waals surface area (Å²) in [7, 11) is 1.88. The van der Waals surface area contributed by atoms with Crippen molar-refractivity contribution < 1.29 is 9.90 Å². The van der Waals surface area contributed by atoms with Crippen molar-refractivity contribution in [1.82, 2.24) is 4.90 Å². The highest BCUT2D eigenvalue weighted by molar-refractivity contribution is 5.75. The van der Waals surface area contributed by atoms with Crippen LogP contribution in [0.4, 0.5) is 0 Å². The van der Waals surface area contributed by atoms with Crippen LogP contribution in [0, 0.1) is 5.41 Å². The molecule has 3 heteroatoms. The second-order valence-corrected chi connectivity index (χ2v) is 5.66. The fourth-order valence-corrected chi connectivity index (χ4v) is 1.38. The van der Waals surface area contributed by atoms with Crippen molar-refractivity contribution in [2.75, 3.05) is 20.2 Å². The van der Waals surface area contributed by atoms with Crippen LogP contribution in [0.3, 0.4) is 0 Å². The first-order valence-corrected chi connectivity index (χ1v) is 6.21. The molecule has 0 heterocycles. The zero-order valence-corrected chi connectivity index (χ0v) is 11.3. The smallest absolute Gasteiger partial charge is 0.222 e. The highest BCUT2D eigenvalue weighted by Gasteiger charge is 2.14. The Morgan fingerprint density at radius 1 is 1.19 bits per heavy atom. The van der Waals surface area contributed by atoms with E-state index in [1.54, 1.807) is 0 Å². The van der Waals surface area contributed by atoms with Crippen LogP contribution < -0.4 is 0 Å². The lowest BCUT2D eigenvalue weighted by atomic mass is 9.92. The van der Waals surface area contributed by atoms with Crippen molar-refractivity contribution in [3.63, 3.8) is 0 Å². The molecule has 0 fully saturated rings. The molecule has 0 radical (unpaired) electrons. The molecule has 0 saturated heterocycles. The van der Waals surface area contributed by atoms with Gasteiger partial charge in [0.25, 0.3) is 0 Å². The fourth-order valence-electron chi connectivity index (χ4n) is 1.38. The molecule has 0 bridgehead atoms. The third kappa shape index (κ3) is 8.72. The van der Waals surface area contributed by atoms with Gasteiger partial charge in [0.15, 0.2) is 0 Å². The van der Waals surface area contributed by atoms with Crippen molar-refractivity contribution in [2.45, 2.75) is 52.9 Å². The van der Waals surface area contributed by atoms with E-state index < -0.39 is 0 Å². The maximum atomic E-state index is 11.7. The minimum atomic E-state index is 0.224. The Hall–Kier alpha value is -0.570.